The molecule has 1 aromatic carbocycles. The lowest BCUT2D eigenvalue weighted by molar-refractivity contribution is 0.275. The molecule has 94 valence electrons. The van der Waals surface area contributed by atoms with Gasteiger partial charge in [-0.05, 0) is 12.1 Å². The van der Waals surface area contributed by atoms with Crippen LogP contribution in [0.25, 0.3) is 0 Å². The average Bonchev–Trinajstić information content (AvgIpc) is 2.85. The number of nitrogens with zero attached hydrogens (tertiary/aromatic N) is 4. The maximum Gasteiger partial charge on any atom is 0.152 e. The van der Waals surface area contributed by atoms with Crippen molar-refractivity contribution in [3.8, 4) is 0 Å². The Labute approximate surface area is 103 Å². The topological polar surface area (TPSA) is 54.2 Å². The van der Waals surface area contributed by atoms with Crippen LogP contribution < -0.4 is 4.90 Å². The predicted octanol–water partition coefficient (Wildman–Crippen LogP) is 0.930. The van der Waals surface area contributed by atoms with E-state index in [-0.39, 0.29) is 12.4 Å². The molecule has 0 bridgehead atoms. The van der Waals surface area contributed by atoms with Gasteiger partial charge in [-0.1, -0.05) is 6.07 Å². The molecule has 0 aliphatic carbocycles. The Hall–Kier alpha value is -1.95. The molecule has 0 atom stereocenters. The van der Waals surface area contributed by atoms with Crippen LogP contribution in [0.3, 0.4) is 0 Å². The Morgan fingerprint density at radius 3 is 3.06 bits per heavy atom. The van der Waals surface area contributed by atoms with E-state index in [0.29, 0.717) is 12.1 Å². The van der Waals surface area contributed by atoms with Crippen LogP contribution >= 0.6 is 0 Å². The molecule has 0 saturated carbocycles. The summed E-state index contributed by atoms with van der Waals surface area (Å²) >= 11 is 0. The molecule has 3 rings (SSSR count). The number of rotatable bonds is 2. The van der Waals surface area contributed by atoms with Crippen molar-refractivity contribution in [3.05, 3.63) is 41.7 Å². The maximum atomic E-state index is 13.6. The highest BCUT2D eigenvalue weighted by Gasteiger charge is 2.20. The number of aromatic nitrogens is 3. The molecule has 1 N–H and O–H groups in total. The molecule has 1 aromatic heterocycles. The Morgan fingerprint density at radius 1 is 1.33 bits per heavy atom. The Morgan fingerprint density at radius 2 is 2.22 bits per heavy atom. The fourth-order valence-electron chi connectivity index (χ4n) is 2.27. The number of aliphatic hydroxyl groups excluding tert-OH is 1. The van der Waals surface area contributed by atoms with Crippen molar-refractivity contribution in [1.82, 2.24) is 14.8 Å². The highest BCUT2D eigenvalue weighted by molar-refractivity contribution is 5.54. The summed E-state index contributed by atoms with van der Waals surface area (Å²) in [5, 5.41) is 17.2. The number of hydrogen-bond donors (Lipinski definition) is 1. The molecule has 0 spiro atoms. The summed E-state index contributed by atoms with van der Waals surface area (Å²) in [6.45, 7) is 1.80. The van der Waals surface area contributed by atoms with Gasteiger partial charge in [0, 0.05) is 24.3 Å². The molecule has 5 nitrogen and oxygen atoms in total. The van der Waals surface area contributed by atoms with Gasteiger partial charge in [0.1, 0.15) is 12.1 Å². The third-order valence-corrected chi connectivity index (χ3v) is 3.23. The molecular weight excluding hydrogens is 235 g/mol. The second kappa shape index (κ2) is 4.38. The maximum absolute atomic E-state index is 13.6. The lowest BCUT2D eigenvalue weighted by Gasteiger charge is -2.30. The minimum absolute atomic E-state index is 0.300. The molecular formula is C12H13FN4O. The van der Waals surface area contributed by atoms with Crippen molar-refractivity contribution in [3.63, 3.8) is 0 Å². The van der Waals surface area contributed by atoms with Gasteiger partial charge >= 0.3 is 0 Å². The van der Waals surface area contributed by atoms with Crippen LogP contribution in [0, 0.1) is 5.82 Å². The Bertz CT molecular complexity index is 569. The highest BCUT2D eigenvalue weighted by atomic mass is 19.1. The first kappa shape index (κ1) is 11.2. The minimum Gasteiger partial charge on any atom is -0.391 e. The van der Waals surface area contributed by atoms with E-state index in [9.17, 15) is 9.50 Å². The van der Waals surface area contributed by atoms with Crippen molar-refractivity contribution in [2.45, 2.75) is 19.7 Å². The van der Waals surface area contributed by atoms with Crippen LogP contribution in [0.1, 0.15) is 11.4 Å². The fraction of sp³-hybridized carbons (Fsp3) is 0.333. The normalized spacial score (nSPS) is 14.7. The molecule has 2 heterocycles. The van der Waals surface area contributed by atoms with E-state index in [1.54, 1.807) is 12.4 Å². The fourth-order valence-corrected chi connectivity index (χ4v) is 2.27. The van der Waals surface area contributed by atoms with Crippen molar-refractivity contribution < 1.29 is 9.50 Å². The summed E-state index contributed by atoms with van der Waals surface area (Å²) < 4.78 is 15.6. The van der Waals surface area contributed by atoms with Crippen molar-refractivity contribution in [2.24, 2.45) is 0 Å². The van der Waals surface area contributed by atoms with E-state index >= 15 is 0 Å². The number of halogens is 1. The molecule has 0 amide bonds. The number of anilines is 1. The van der Waals surface area contributed by atoms with Gasteiger partial charge in [-0.3, -0.25) is 0 Å². The number of fused-ring (bicyclic) bond motifs is 1. The molecule has 1 aliphatic rings. The van der Waals surface area contributed by atoms with Gasteiger partial charge < -0.3 is 14.6 Å². The molecule has 18 heavy (non-hydrogen) atoms. The van der Waals surface area contributed by atoms with E-state index in [2.05, 4.69) is 10.2 Å². The van der Waals surface area contributed by atoms with Gasteiger partial charge in [-0.15, -0.1) is 10.2 Å². The summed E-state index contributed by atoms with van der Waals surface area (Å²) in [6.07, 6.45) is 1.70. The predicted molar refractivity (Wildman–Crippen MR) is 63.4 cm³/mol. The van der Waals surface area contributed by atoms with Gasteiger partial charge in [-0.25, -0.2) is 4.39 Å². The van der Waals surface area contributed by atoms with E-state index in [1.165, 1.54) is 6.07 Å². The Kier molecular flexibility index (Phi) is 2.71. The summed E-state index contributed by atoms with van der Waals surface area (Å²) in [5.74, 6) is 0.483. The zero-order chi connectivity index (χ0) is 12.5. The van der Waals surface area contributed by atoms with Gasteiger partial charge in [-0.2, -0.15) is 0 Å². The van der Waals surface area contributed by atoms with Crippen LogP contribution in [0.2, 0.25) is 0 Å². The lowest BCUT2D eigenvalue weighted by atomic mass is 10.1. The van der Waals surface area contributed by atoms with Gasteiger partial charge in [0.15, 0.2) is 5.82 Å². The first-order chi connectivity index (χ1) is 8.79. The third kappa shape index (κ3) is 1.74. The summed E-state index contributed by atoms with van der Waals surface area (Å²) in [7, 11) is 0. The zero-order valence-corrected chi connectivity index (χ0v) is 9.75. The van der Waals surface area contributed by atoms with E-state index < -0.39 is 0 Å². The van der Waals surface area contributed by atoms with E-state index in [4.69, 9.17) is 0 Å². The molecule has 0 fully saturated rings. The lowest BCUT2D eigenvalue weighted by Crippen LogP contribution is -2.34. The monoisotopic (exact) mass is 248 g/mol. The van der Waals surface area contributed by atoms with Crippen LogP contribution in [-0.2, 0) is 19.7 Å². The van der Waals surface area contributed by atoms with E-state index in [0.717, 1.165) is 24.6 Å². The first-order valence-electron chi connectivity index (χ1n) is 5.79. The van der Waals surface area contributed by atoms with Crippen LogP contribution in [-0.4, -0.2) is 26.4 Å². The molecule has 0 saturated heterocycles. The number of hydrogen-bond acceptors (Lipinski definition) is 4. The van der Waals surface area contributed by atoms with Crippen molar-refractivity contribution >= 4 is 5.69 Å². The highest BCUT2D eigenvalue weighted by Crippen LogP contribution is 2.26. The molecule has 1 aliphatic heterocycles. The SMILES string of the molecule is OCc1c(F)cccc1N1CCn2cnnc2C1. The molecule has 0 unspecified atom stereocenters. The second-order valence-electron chi connectivity index (χ2n) is 4.26. The van der Waals surface area contributed by atoms with E-state index in [1.807, 2.05) is 15.5 Å². The average molecular weight is 248 g/mol. The van der Waals surface area contributed by atoms with Crippen LogP contribution in [0.5, 0.6) is 0 Å². The summed E-state index contributed by atoms with van der Waals surface area (Å²) in [6, 6.07) is 4.84. The molecule has 0 radical (unpaired) electrons. The van der Waals surface area contributed by atoms with Gasteiger partial charge in [0.2, 0.25) is 0 Å². The minimum atomic E-state index is -0.373. The second-order valence-corrected chi connectivity index (χ2v) is 4.26. The number of benzene rings is 1. The quantitative estimate of drug-likeness (QED) is 0.859. The van der Waals surface area contributed by atoms with Gasteiger partial charge in [0.05, 0.1) is 13.2 Å². The standard InChI is InChI=1S/C12H13FN4O/c13-10-2-1-3-11(9(10)7-18)16-4-5-17-8-14-15-12(17)6-16/h1-3,8,18H,4-7H2. The first-order valence-corrected chi connectivity index (χ1v) is 5.79. The molecule has 2 aromatic rings. The summed E-state index contributed by atoms with van der Waals surface area (Å²) in [4.78, 5) is 2.01. The van der Waals surface area contributed by atoms with Crippen LogP contribution in [0.4, 0.5) is 10.1 Å². The van der Waals surface area contributed by atoms with Gasteiger partial charge in [0.25, 0.3) is 0 Å². The smallest absolute Gasteiger partial charge is 0.152 e. The third-order valence-electron chi connectivity index (χ3n) is 3.23. The largest absolute Gasteiger partial charge is 0.391 e. The molecule has 6 heteroatoms. The van der Waals surface area contributed by atoms with Crippen molar-refractivity contribution in [2.75, 3.05) is 11.4 Å². The Balaban J connectivity index is 1.95. The number of aliphatic hydroxyl groups is 1. The zero-order valence-electron chi connectivity index (χ0n) is 9.75. The summed E-state index contributed by atoms with van der Waals surface area (Å²) in [5.41, 5.74) is 1.07. The van der Waals surface area contributed by atoms with Crippen molar-refractivity contribution in [1.29, 1.82) is 0 Å². The van der Waals surface area contributed by atoms with Crippen LogP contribution in [0.15, 0.2) is 24.5 Å².